The van der Waals surface area contributed by atoms with Gasteiger partial charge >= 0.3 is 0 Å². The molecule has 2 aliphatic rings. The Morgan fingerprint density at radius 1 is 1.30 bits per heavy atom. The van der Waals surface area contributed by atoms with Gasteiger partial charge in [0.05, 0.1) is 6.04 Å². The molecular formula is C21H32ClN3OS. The lowest BCUT2D eigenvalue weighted by molar-refractivity contribution is -0.116. The maximum atomic E-state index is 12.5. The zero-order valence-corrected chi connectivity index (χ0v) is 18.2. The lowest BCUT2D eigenvalue weighted by Crippen LogP contribution is -2.34. The molecule has 1 amide bonds. The van der Waals surface area contributed by atoms with Crippen molar-refractivity contribution in [2.24, 2.45) is 4.99 Å². The number of halogens is 1. The highest BCUT2D eigenvalue weighted by Gasteiger charge is 2.29. The van der Waals surface area contributed by atoms with Crippen molar-refractivity contribution >= 4 is 40.9 Å². The van der Waals surface area contributed by atoms with Gasteiger partial charge in [-0.25, -0.2) is 0 Å². The first-order chi connectivity index (χ1) is 12.5. The minimum absolute atomic E-state index is 0. The number of nitrogens with one attached hydrogen (secondary N) is 1. The number of rotatable bonds is 5. The number of hydrogen-bond donors (Lipinski definition) is 1. The van der Waals surface area contributed by atoms with Crippen LogP contribution in [0.3, 0.4) is 0 Å². The first-order valence-corrected chi connectivity index (χ1v) is 10.8. The minimum atomic E-state index is 0. The highest BCUT2D eigenvalue weighted by molar-refractivity contribution is 8.14. The maximum absolute atomic E-state index is 12.5. The normalized spacial score (nSPS) is 22.1. The van der Waals surface area contributed by atoms with E-state index in [1.54, 1.807) is 11.8 Å². The summed E-state index contributed by atoms with van der Waals surface area (Å²) in [6, 6.07) is 8.88. The van der Waals surface area contributed by atoms with E-state index in [-0.39, 0.29) is 24.4 Å². The third kappa shape index (κ3) is 6.15. The number of amides is 1. The fourth-order valence-electron chi connectivity index (χ4n) is 3.63. The molecule has 6 heteroatoms. The number of carbonyl (C=O) groups is 1. The summed E-state index contributed by atoms with van der Waals surface area (Å²) in [7, 11) is 2.08. The minimum Gasteiger partial charge on any atom is -0.350 e. The maximum Gasteiger partial charge on any atom is 0.226 e. The van der Waals surface area contributed by atoms with Crippen LogP contribution in [-0.4, -0.2) is 40.9 Å². The topological polar surface area (TPSA) is 44.7 Å². The van der Waals surface area contributed by atoms with E-state index in [2.05, 4.69) is 43.2 Å². The number of aliphatic imine (C=N–C) groups is 1. The van der Waals surface area contributed by atoms with Gasteiger partial charge in [-0.1, -0.05) is 57.0 Å². The van der Waals surface area contributed by atoms with Gasteiger partial charge in [0.25, 0.3) is 0 Å². The summed E-state index contributed by atoms with van der Waals surface area (Å²) >= 11 is 1.80. The number of nitrogens with zero attached hydrogens (tertiary/aromatic N) is 2. The first-order valence-electron chi connectivity index (χ1n) is 9.86. The van der Waals surface area contributed by atoms with Crippen molar-refractivity contribution < 1.29 is 4.79 Å². The van der Waals surface area contributed by atoms with E-state index in [9.17, 15) is 4.79 Å². The van der Waals surface area contributed by atoms with Crippen molar-refractivity contribution in [1.29, 1.82) is 0 Å². The zero-order valence-electron chi connectivity index (χ0n) is 16.6. The quantitative estimate of drug-likeness (QED) is 0.717. The molecule has 0 spiro atoms. The second-order valence-electron chi connectivity index (χ2n) is 7.81. The molecule has 1 heterocycles. The summed E-state index contributed by atoms with van der Waals surface area (Å²) in [4.78, 5) is 19.7. The van der Waals surface area contributed by atoms with Crippen molar-refractivity contribution in [3.8, 4) is 0 Å². The molecule has 1 saturated heterocycles. The van der Waals surface area contributed by atoms with E-state index < -0.39 is 0 Å². The van der Waals surface area contributed by atoms with Gasteiger partial charge in [0.1, 0.15) is 0 Å². The Morgan fingerprint density at radius 3 is 2.74 bits per heavy atom. The molecule has 1 unspecified atom stereocenters. The molecule has 27 heavy (non-hydrogen) atoms. The third-order valence-corrected chi connectivity index (χ3v) is 6.58. The van der Waals surface area contributed by atoms with E-state index in [0.29, 0.717) is 18.4 Å². The van der Waals surface area contributed by atoms with E-state index >= 15 is 0 Å². The predicted molar refractivity (Wildman–Crippen MR) is 119 cm³/mol. The van der Waals surface area contributed by atoms with Gasteiger partial charge in [-0.3, -0.25) is 9.79 Å². The summed E-state index contributed by atoms with van der Waals surface area (Å²) in [6.07, 6.45) is 6.91. The molecule has 1 N–H and O–H groups in total. The Labute approximate surface area is 174 Å². The molecule has 150 valence electrons. The molecule has 3 rings (SSSR count). The number of anilines is 1. The Kier molecular flexibility index (Phi) is 8.49. The van der Waals surface area contributed by atoms with Gasteiger partial charge in [-0.2, -0.15) is 0 Å². The Bertz CT molecular complexity index is 659. The molecule has 0 bridgehead atoms. The van der Waals surface area contributed by atoms with Gasteiger partial charge in [0.15, 0.2) is 5.17 Å². The second-order valence-corrected chi connectivity index (χ2v) is 8.80. The van der Waals surface area contributed by atoms with Crippen LogP contribution in [0.5, 0.6) is 0 Å². The third-order valence-electron chi connectivity index (χ3n) is 5.38. The summed E-state index contributed by atoms with van der Waals surface area (Å²) < 4.78 is 0. The van der Waals surface area contributed by atoms with Crippen molar-refractivity contribution in [2.75, 3.05) is 18.1 Å². The van der Waals surface area contributed by atoms with Crippen LogP contribution in [0.15, 0.2) is 29.3 Å². The average molecular weight is 410 g/mol. The van der Waals surface area contributed by atoms with Crippen LogP contribution in [0.4, 0.5) is 5.69 Å². The second kappa shape index (κ2) is 10.4. The smallest absolute Gasteiger partial charge is 0.226 e. The van der Waals surface area contributed by atoms with Crippen LogP contribution in [0, 0.1) is 0 Å². The average Bonchev–Trinajstić information content (AvgIpc) is 2.96. The predicted octanol–water partition coefficient (Wildman–Crippen LogP) is 5.30. The summed E-state index contributed by atoms with van der Waals surface area (Å²) in [5.41, 5.74) is 2.14. The lowest BCUT2D eigenvalue weighted by atomic mass is 9.96. The molecule has 1 saturated carbocycles. The number of carbonyl (C=O) groups excluding carboxylic acids is 1. The molecule has 1 aliphatic heterocycles. The van der Waals surface area contributed by atoms with Gasteiger partial charge in [-0.15, -0.1) is 12.4 Å². The Morgan fingerprint density at radius 2 is 2.04 bits per heavy atom. The van der Waals surface area contributed by atoms with E-state index in [4.69, 9.17) is 4.99 Å². The van der Waals surface area contributed by atoms with Crippen molar-refractivity contribution in [2.45, 2.75) is 70.4 Å². The van der Waals surface area contributed by atoms with Crippen LogP contribution in [0.1, 0.15) is 63.9 Å². The molecule has 4 nitrogen and oxygen atoms in total. The molecular weight excluding hydrogens is 378 g/mol. The monoisotopic (exact) mass is 409 g/mol. The van der Waals surface area contributed by atoms with Crippen molar-refractivity contribution in [1.82, 2.24) is 4.90 Å². The molecule has 1 aromatic rings. The zero-order chi connectivity index (χ0) is 18.5. The number of thioether (sulfide) groups is 1. The van der Waals surface area contributed by atoms with Gasteiger partial charge in [0, 0.05) is 31.0 Å². The highest BCUT2D eigenvalue weighted by atomic mass is 35.5. The van der Waals surface area contributed by atoms with Gasteiger partial charge in [0.2, 0.25) is 5.91 Å². The Balaban J connectivity index is 0.00000261. The van der Waals surface area contributed by atoms with Crippen LogP contribution in [-0.2, 0) is 4.79 Å². The number of hydrogen-bond acceptors (Lipinski definition) is 3. The van der Waals surface area contributed by atoms with E-state index in [1.165, 1.54) is 37.7 Å². The van der Waals surface area contributed by atoms with Crippen LogP contribution >= 0.6 is 24.2 Å². The van der Waals surface area contributed by atoms with Crippen LogP contribution < -0.4 is 5.32 Å². The lowest BCUT2D eigenvalue weighted by Gasteiger charge is -2.23. The molecule has 2 fully saturated rings. The molecule has 0 aromatic heterocycles. The standard InChI is InChI=1S/C21H31N3OS.ClH/c1-15(2)16-8-7-11-18(12-16)22-20(25)13-19-14-26-21(24(19)3)23-17-9-5-4-6-10-17;/h7-8,11-12,15,17,19H,4-6,9-10,13-14H2,1-3H3,(H,22,25);1H/b23-21-;. The number of benzene rings is 1. The van der Waals surface area contributed by atoms with Gasteiger partial charge < -0.3 is 10.2 Å². The number of amidine groups is 1. The molecule has 1 atom stereocenters. The largest absolute Gasteiger partial charge is 0.350 e. The van der Waals surface area contributed by atoms with Crippen LogP contribution in [0.25, 0.3) is 0 Å². The van der Waals surface area contributed by atoms with Gasteiger partial charge in [-0.05, 0) is 36.5 Å². The summed E-state index contributed by atoms with van der Waals surface area (Å²) in [6.45, 7) is 4.33. The fraction of sp³-hybridized carbons (Fsp3) is 0.619. The van der Waals surface area contributed by atoms with E-state index in [0.717, 1.165) is 16.6 Å². The first kappa shape index (κ1) is 22.1. The Hall–Kier alpha value is -1.20. The molecule has 1 aliphatic carbocycles. The van der Waals surface area contributed by atoms with Crippen molar-refractivity contribution in [3.05, 3.63) is 29.8 Å². The summed E-state index contributed by atoms with van der Waals surface area (Å²) in [5.74, 6) is 1.49. The summed E-state index contributed by atoms with van der Waals surface area (Å²) in [5, 5.41) is 4.19. The van der Waals surface area contributed by atoms with Crippen LogP contribution in [0.2, 0.25) is 0 Å². The highest BCUT2D eigenvalue weighted by Crippen LogP contribution is 2.28. The SMILES string of the molecule is CC(C)c1cccc(NC(=O)CC2CS/C(=N\C3CCCCC3)N2C)c1.Cl. The fourth-order valence-corrected chi connectivity index (χ4v) is 4.89. The van der Waals surface area contributed by atoms with Crippen molar-refractivity contribution in [3.63, 3.8) is 0 Å². The molecule has 1 aromatic carbocycles. The molecule has 0 radical (unpaired) electrons. The van der Waals surface area contributed by atoms with E-state index in [1.807, 2.05) is 12.1 Å².